The first-order chi connectivity index (χ1) is 16.4. The smallest absolute Gasteiger partial charge is 0.251 e. The average Bonchev–Trinajstić information content (AvgIpc) is 3.32. The molecule has 2 amide bonds. The standard InChI is InChI=1S/C26H28N2O4S2/c1-2-6-23(26(30)28-15-13-24-21(17-28)14-16-33-24)27-25(29)20-11-9-19(10-12-20)18-34(31,32)22-7-4-3-5-8-22/h3-5,7-12,14,16,23H,2,6,13,15,17-18H2,1H3,(H,27,29). The van der Waals surface area contributed by atoms with Gasteiger partial charge in [0.1, 0.15) is 6.04 Å². The van der Waals surface area contributed by atoms with Crippen LogP contribution in [0.4, 0.5) is 0 Å². The molecule has 0 saturated heterocycles. The van der Waals surface area contributed by atoms with E-state index in [2.05, 4.69) is 16.8 Å². The van der Waals surface area contributed by atoms with Gasteiger partial charge in [-0.2, -0.15) is 0 Å². The third-order valence-electron chi connectivity index (χ3n) is 5.98. The number of carbonyl (C=O) groups is 2. The summed E-state index contributed by atoms with van der Waals surface area (Å²) >= 11 is 1.72. The van der Waals surface area contributed by atoms with Crippen molar-refractivity contribution in [3.05, 3.63) is 87.6 Å². The minimum atomic E-state index is -3.46. The highest BCUT2D eigenvalue weighted by Crippen LogP contribution is 2.25. The van der Waals surface area contributed by atoms with Gasteiger partial charge in [-0.15, -0.1) is 11.3 Å². The number of nitrogens with zero attached hydrogens (tertiary/aromatic N) is 1. The number of hydrogen-bond donors (Lipinski definition) is 1. The number of fused-ring (bicyclic) bond motifs is 1. The van der Waals surface area contributed by atoms with Gasteiger partial charge in [-0.1, -0.05) is 43.7 Å². The number of thiophene rings is 1. The fourth-order valence-corrected chi connectivity index (χ4v) is 6.39. The molecule has 1 N–H and O–H groups in total. The van der Waals surface area contributed by atoms with Gasteiger partial charge in [-0.25, -0.2) is 8.42 Å². The molecule has 0 spiro atoms. The number of sulfone groups is 1. The number of amides is 2. The maximum atomic E-state index is 13.2. The topological polar surface area (TPSA) is 83.5 Å². The Morgan fingerprint density at radius 2 is 1.79 bits per heavy atom. The molecular weight excluding hydrogens is 468 g/mol. The molecule has 3 aromatic rings. The van der Waals surface area contributed by atoms with E-state index in [4.69, 9.17) is 0 Å². The number of rotatable bonds is 8. The summed E-state index contributed by atoms with van der Waals surface area (Å²) in [4.78, 5) is 29.5. The molecule has 0 radical (unpaired) electrons. The van der Waals surface area contributed by atoms with Gasteiger partial charge in [0.05, 0.1) is 10.6 Å². The van der Waals surface area contributed by atoms with Gasteiger partial charge in [0.25, 0.3) is 5.91 Å². The Labute approximate surface area is 204 Å². The Kier molecular flexibility index (Phi) is 7.48. The number of nitrogens with one attached hydrogen (secondary N) is 1. The van der Waals surface area contributed by atoms with Crippen LogP contribution in [0.25, 0.3) is 0 Å². The van der Waals surface area contributed by atoms with Crippen LogP contribution in [-0.2, 0) is 33.4 Å². The lowest BCUT2D eigenvalue weighted by Gasteiger charge is -2.31. The molecule has 0 saturated carbocycles. The molecule has 6 nitrogen and oxygen atoms in total. The molecule has 4 rings (SSSR count). The lowest BCUT2D eigenvalue weighted by molar-refractivity contribution is -0.134. The van der Waals surface area contributed by atoms with Gasteiger partial charge >= 0.3 is 0 Å². The molecule has 2 heterocycles. The van der Waals surface area contributed by atoms with Crippen molar-refractivity contribution in [2.24, 2.45) is 0 Å². The highest BCUT2D eigenvalue weighted by Gasteiger charge is 2.28. The molecule has 0 bridgehead atoms. The quantitative estimate of drug-likeness (QED) is 0.507. The third-order valence-corrected chi connectivity index (χ3v) is 8.70. The number of hydrogen-bond acceptors (Lipinski definition) is 5. The zero-order chi connectivity index (χ0) is 24.1. The first kappa shape index (κ1) is 24.2. The highest BCUT2D eigenvalue weighted by atomic mass is 32.2. The van der Waals surface area contributed by atoms with Crippen molar-refractivity contribution in [1.82, 2.24) is 10.2 Å². The predicted molar refractivity (Wildman–Crippen MR) is 133 cm³/mol. The summed E-state index contributed by atoms with van der Waals surface area (Å²) in [5, 5.41) is 4.95. The fraction of sp³-hybridized carbons (Fsp3) is 0.308. The van der Waals surface area contributed by atoms with Crippen molar-refractivity contribution >= 4 is 33.0 Å². The SMILES string of the molecule is CCCC(NC(=O)c1ccc(CS(=O)(=O)c2ccccc2)cc1)C(=O)N1CCc2sccc2C1. The zero-order valence-electron chi connectivity index (χ0n) is 19.1. The summed E-state index contributed by atoms with van der Waals surface area (Å²) in [5.74, 6) is -0.537. The van der Waals surface area contributed by atoms with Crippen LogP contribution in [0.5, 0.6) is 0 Å². The summed E-state index contributed by atoms with van der Waals surface area (Å²) < 4.78 is 25.2. The summed E-state index contributed by atoms with van der Waals surface area (Å²) in [6, 6.07) is 16.3. The van der Waals surface area contributed by atoms with E-state index in [0.717, 1.165) is 12.8 Å². The maximum absolute atomic E-state index is 13.2. The lowest BCUT2D eigenvalue weighted by Crippen LogP contribution is -2.49. The monoisotopic (exact) mass is 496 g/mol. The molecule has 0 fully saturated rings. The summed E-state index contributed by atoms with van der Waals surface area (Å²) in [6.45, 7) is 3.23. The lowest BCUT2D eigenvalue weighted by atomic mass is 10.1. The third kappa shape index (κ3) is 5.56. The van der Waals surface area contributed by atoms with E-state index in [-0.39, 0.29) is 22.5 Å². The maximum Gasteiger partial charge on any atom is 0.251 e. The minimum absolute atomic E-state index is 0.0578. The van der Waals surface area contributed by atoms with E-state index < -0.39 is 15.9 Å². The van der Waals surface area contributed by atoms with Crippen molar-refractivity contribution in [1.29, 1.82) is 0 Å². The van der Waals surface area contributed by atoms with Crippen LogP contribution in [0, 0.1) is 0 Å². The van der Waals surface area contributed by atoms with Crippen LogP contribution < -0.4 is 5.32 Å². The van der Waals surface area contributed by atoms with Gasteiger partial charge in [0.2, 0.25) is 5.91 Å². The molecular formula is C26H28N2O4S2. The average molecular weight is 497 g/mol. The summed E-state index contributed by atoms with van der Waals surface area (Å²) in [7, 11) is -3.46. The van der Waals surface area contributed by atoms with Gasteiger partial charge in [0.15, 0.2) is 9.84 Å². The molecule has 1 atom stereocenters. The van der Waals surface area contributed by atoms with Crippen molar-refractivity contribution in [3.63, 3.8) is 0 Å². The van der Waals surface area contributed by atoms with Crippen molar-refractivity contribution in [2.45, 2.75) is 49.4 Å². The molecule has 2 aromatic carbocycles. The van der Waals surface area contributed by atoms with Crippen molar-refractivity contribution < 1.29 is 18.0 Å². The van der Waals surface area contributed by atoms with Crippen LogP contribution in [0.1, 0.15) is 46.1 Å². The van der Waals surface area contributed by atoms with Crippen LogP contribution in [0.3, 0.4) is 0 Å². The van der Waals surface area contributed by atoms with Crippen LogP contribution in [0.15, 0.2) is 70.9 Å². The summed E-state index contributed by atoms with van der Waals surface area (Å²) in [5.41, 5.74) is 2.18. The van der Waals surface area contributed by atoms with Gasteiger partial charge in [-0.05, 0) is 59.7 Å². The van der Waals surface area contributed by atoms with E-state index in [1.807, 2.05) is 11.8 Å². The molecule has 0 aliphatic carbocycles. The van der Waals surface area contributed by atoms with E-state index in [1.165, 1.54) is 10.4 Å². The molecule has 178 valence electrons. The first-order valence-electron chi connectivity index (χ1n) is 11.4. The predicted octanol–water partition coefficient (Wildman–Crippen LogP) is 4.21. The van der Waals surface area contributed by atoms with E-state index in [1.54, 1.807) is 65.9 Å². The van der Waals surface area contributed by atoms with Crippen LogP contribution in [-0.4, -0.2) is 37.7 Å². The molecule has 1 aliphatic rings. The Morgan fingerprint density at radius 1 is 1.06 bits per heavy atom. The number of carbonyl (C=O) groups excluding carboxylic acids is 2. The second kappa shape index (κ2) is 10.5. The van der Waals surface area contributed by atoms with E-state index >= 15 is 0 Å². The van der Waals surface area contributed by atoms with Gasteiger partial charge < -0.3 is 10.2 Å². The first-order valence-corrected chi connectivity index (χ1v) is 13.9. The van der Waals surface area contributed by atoms with E-state index in [9.17, 15) is 18.0 Å². The normalized spacial score (nSPS) is 14.3. The largest absolute Gasteiger partial charge is 0.340 e. The Bertz CT molecular complexity index is 1250. The second-order valence-electron chi connectivity index (χ2n) is 8.46. The van der Waals surface area contributed by atoms with E-state index in [0.29, 0.717) is 30.6 Å². The molecule has 1 aliphatic heterocycles. The fourth-order valence-electron chi connectivity index (χ4n) is 4.13. The van der Waals surface area contributed by atoms with Crippen LogP contribution in [0.2, 0.25) is 0 Å². The minimum Gasteiger partial charge on any atom is -0.340 e. The van der Waals surface area contributed by atoms with Crippen molar-refractivity contribution in [3.8, 4) is 0 Å². The Morgan fingerprint density at radius 3 is 2.50 bits per heavy atom. The Balaban J connectivity index is 1.41. The summed E-state index contributed by atoms with van der Waals surface area (Å²) in [6.07, 6.45) is 2.17. The number of benzene rings is 2. The van der Waals surface area contributed by atoms with Gasteiger partial charge in [-0.3, -0.25) is 9.59 Å². The van der Waals surface area contributed by atoms with Crippen molar-refractivity contribution in [2.75, 3.05) is 6.54 Å². The molecule has 8 heteroatoms. The highest BCUT2D eigenvalue weighted by molar-refractivity contribution is 7.90. The molecule has 34 heavy (non-hydrogen) atoms. The Hall–Kier alpha value is -2.97. The molecule has 1 unspecified atom stereocenters. The van der Waals surface area contributed by atoms with Gasteiger partial charge in [0, 0.05) is 23.5 Å². The second-order valence-corrected chi connectivity index (χ2v) is 11.5. The zero-order valence-corrected chi connectivity index (χ0v) is 20.7. The van der Waals surface area contributed by atoms with Crippen LogP contribution >= 0.6 is 11.3 Å². The molecule has 1 aromatic heterocycles.